The van der Waals surface area contributed by atoms with Crippen LogP contribution >= 0.6 is 11.3 Å². The standard InChI is InChI=1S/C11H18N2OS/c1-9(10-5-4-8-15-10)12-7-6-11(14)13(2)3/h4-5,8-9,12H,6-7H2,1-3H3/t9-/m0/s1. The molecular formula is C11H18N2OS. The third kappa shape index (κ3) is 4.01. The Balaban J connectivity index is 2.24. The molecule has 1 heterocycles. The van der Waals surface area contributed by atoms with E-state index in [0.717, 1.165) is 6.54 Å². The molecule has 84 valence electrons. The summed E-state index contributed by atoms with van der Waals surface area (Å²) < 4.78 is 0. The van der Waals surface area contributed by atoms with Crippen molar-refractivity contribution in [2.45, 2.75) is 19.4 Å². The largest absolute Gasteiger partial charge is 0.349 e. The molecule has 3 nitrogen and oxygen atoms in total. The smallest absolute Gasteiger partial charge is 0.223 e. The summed E-state index contributed by atoms with van der Waals surface area (Å²) in [6, 6.07) is 4.49. The molecule has 0 spiro atoms. The van der Waals surface area contributed by atoms with Gasteiger partial charge >= 0.3 is 0 Å². The molecular weight excluding hydrogens is 208 g/mol. The zero-order valence-electron chi connectivity index (χ0n) is 9.49. The molecule has 0 unspecified atom stereocenters. The molecule has 0 bridgehead atoms. The fourth-order valence-corrected chi connectivity index (χ4v) is 2.02. The Labute approximate surface area is 95.1 Å². The molecule has 1 aromatic heterocycles. The minimum Gasteiger partial charge on any atom is -0.349 e. The summed E-state index contributed by atoms with van der Waals surface area (Å²) >= 11 is 1.74. The molecule has 1 N–H and O–H groups in total. The van der Waals surface area contributed by atoms with Crippen molar-refractivity contribution in [1.82, 2.24) is 10.2 Å². The van der Waals surface area contributed by atoms with Gasteiger partial charge in [-0.1, -0.05) is 6.07 Å². The van der Waals surface area contributed by atoms with Crippen LogP contribution in [-0.2, 0) is 4.79 Å². The van der Waals surface area contributed by atoms with Gasteiger partial charge in [0.2, 0.25) is 5.91 Å². The molecule has 0 radical (unpaired) electrons. The van der Waals surface area contributed by atoms with Crippen molar-refractivity contribution in [3.05, 3.63) is 22.4 Å². The van der Waals surface area contributed by atoms with E-state index in [4.69, 9.17) is 0 Å². The molecule has 0 saturated heterocycles. The highest BCUT2D eigenvalue weighted by Gasteiger charge is 2.07. The molecule has 0 aliphatic carbocycles. The number of thiophene rings is 1. The van der Waals surface area contributed by atoms with E-state index < -0.39 is 0 Å². The molecule has 1 aromatic rings. The summed E-state index contributed by atoms with van der Waals surface area (Å²) in [5, 5.41) is 5.40. The van der Waals surface area contributed by atoms with Crippen molar-refractivity contribution in [1.29, 1.82) is 0 Å². The molecule has 0 fully saturated rings. The molecule has 4 heteroatoms. The summed E-state index contributed by atoms with van der Waals surface area (Å²) in [5.74, 6) is 0.167. The molecule has 1 amide bonds. The van der Waals surface area contributed by atoms with Crippen molar-refractivity contribution < 1.29 is 4.79 Å². The van der Waals surface area contributed by atoms with Crippen LogP contribution in [0.15, 0.2) is 17.5 Å². The first kappa shape index (κ1) is 12.2. The number of hydrogen-bond donors (Lipinski definition) is 1. The minimum atomic E-state index is 0.167. The fraction of sp³-hybridized carbons (Fsp3) is 0.545. The van der Waals surface area contributed by atoms with E-state index in [1.807, 2.05) is 6.07 Å². The first-order valence-electron chi connectivity index (χ1n) is 5.08. The molecule has 1 rings (SSSR count). The van der Waals surface area contributed by atoms with Gasteiger partial charge in [-0.25, -0.2) is 0 Å². The average molecular weight is 226 g/mol. The predicted octanol–water partition coefficient (Wildman–Crippen LogP) is 1.88. The zero-order valence-corrected chi connectivity index (χ0v) is 10.3. The summed E-state index contributed by atoms with van der Waals surface area (Å²) in [7, 11) is 3.57. The van der Waals surface area contributed by atoms with Gasteiger partial charge in [0, 0.05) is 38.0 Å². The van der Waals surface area contributed by atoms with Crippen LogP contribution in [-0.4, -0.2) is 31.4 Å². The Hall–Kier alpha value is -0.870. The predicted molar refractivity (Wildman–Crippen MR) is 64.0 cm³/mol. The van der Waals surface area contributed by atoms with E-state index in [2.05, 4.69) is 23.7 Å². The molecule has 0 aliphatic rings. The Morgan fingerprint density at radius 3 is 2.87 bits per heavy atom. The number of nitrogens with zero attached hydrogens (tertiary/aromatic N) is 1. The van der Waals surface area contributed by atoms with Gasteiger partial charge in [-0.2, -0.15) is 0 Å². The zero-order chi connectivity index (χ0) is 11.3. The minimum absolute atomic E-state index is 0.167. The van der Waals surface area contributed by atoms with Crippen molar-refractivity contribution in [2.75, 3.05) is 20.6 Å². The molecule has 0 aromatic carbocycles. The van der Waals surface area contributed by atoms with Crippen LogP contribution in [0.4, 0.5) is 0 Å². The van der Waals surface area contributed by atoms with Crippen LogP contribution in [0, 0.1) is 0 Å². The number of carbonyl (C=O) groups excluding carboxylic acids is 1. The summed E-state index contributed by atoms with van der Waals surface area (Å²) in [5.41, 5.74) is 0. The lowest BCUT2D eigenvalue weighted by Crippen LogP contribution is -2.27. The van der Waals surface area contributed by atoms with Crippen LogP contribution in [0.25, 0.3) is 0 Å². The van der Waals surface area contributed by atoms with Gasteiger partial charge in [-0.3, -0.25) is 4.79 Å². The Bertz CT molecular complexity index is 296. The Kier molecular flexibility index (Phi) is 4.78. The van der Waals surface area contributed by atoms with Crippen LogP contribution in [0.5, 0.6) is 0 Å². The number of carbonyl (C=O) groups is 1. The fourth-order valence-electron chi connectivity index (χ4n) is 1.26. The lowest BCUT2D eigenvalue weighted by molar-refractivity contribution is -0.128. The maximum absolute atomic E-state index is 11.3. The summed E-state index contributed by atoms with van der Waals surface area (Å²) in [6.07, 6.45) is 0.558. The third-order valence-corrected chi connectivity index (χ3v) is 3.31. The molecule has 15 heavy (non-hydrogen) atoms. The van der Waals surface area contributed by atoms with Crippen molar-refractivity contribution in [3.63, 3.8) is 0 Å². The van der Waals surface area contributed by atoms with Gasteiger partial charge < -0.3 is 10.2 Å². The first-order valence-corrected chi connectivity index (χ1v) is 5.96. The maximum atomic E-state index is 11.3. The first-order chi connectivity index (χ1) is 7.11. The van der Waals surface area contributed by atoms with Crippen molar-refractivity contribution in [2.24, 2.45) is 0 Å². The van der Waals surface area contributed by atoms with E-state index in [-0.39, 0.29) is 5.91 Å². The monoisotopic (exact) mass is 226 g/mol. The van der Waals surface area contributed by atoms with Crippen LogP contribution in [0.3, 0.4) is 0 Å². The third-order valence-electron chi connectivity index (χ3n) is 2.26. The van der Waals surface area contributed by atoms with E-state index >= 15 is 0 Å². The van der Waals surface area contributed by atoms with Crippen molar-refractivity contribution >= 4 is 17.2 Å². The SMILES string of the molecule is C[C@H](NCCC(=O)N(C)C)c1cccs1. The lowest BCUT2D eigenvalue weighted by atomic mass is 10.2. The van der Waals surface area contributed by atoms with E-state index in [1.54, 1.807) is 30.3 Å². The normalized spacial score (nSPS) is 12.5. The van der Waals surface area contributed by atoms with Gasteiger partial charge in [0.1, 0.15) is 0 Å². The number of amides is 1. The Morgan fingerprint density at radius 2 is 2.33 bits per heavy atom. The van der Waals surface area contributed by atoms with Gasteiger partial charge in [-0.15, -0.1) is 11.3 Å². The van der Waals surface area contributed by atoms with Crippen LogP contribution in [0.2, 0.25) is 0 Å². The van der Waals surface area contributed by atoms with Crippen molar-refractivity contribution in [3.8, 4) is 0 Å². The van der Waals surface area contributed by atoms with Gasteiger partial charge in [-0.05, 0) is 18.4 Å². The second-order valence-electron chi connectivity index (χ2n) is 3.73. The second kappa shape index (κ2) is 5.88. The van der Waals surface area contributed by atoms with Gasteiger partial charge in [0.15, 0.2) is 0 Å². The molecule has 0 saturated carbocycles. The highest BCUT2D eigenvalue weighted by Crippen LogP contribution is 2.17. The highest BCUT2D eigenvalue weighted by atomic mass is 32.1. The number of nitrogens with one attached hydrogen (secondary N) is 1. The quantitative estimate of drug-likeness (QED) is 0.831. The van der Waals surface area contributed by atoms with E-state index in [1.165, 1.54) is 4.88 Å². The number of rotatable bonds is 5. The van der Waals surface area contributed by atoms with Gasteiger partial charge in [0.05, 0.1) is 0 Å². The Morgan fingerprint density at radius 1 is 1.60 bits per heavy atom. The van der Waals surface area contributed by atoms with Crippen LogP contribution < -0.4 is 5.32 Å². The molecule has 1 atom stereocenters. The topological polar surface area (TPSA) is 32.3 Å². The maximum Gasteiger partial charge on any atom is 0.223 e. The van der Waals surface area contributed by atoms with E-state index in [0.29, 0.717) is 12.5 Å². The summed E-state index contributed by atoms with van der Waals surface area (Å²) in [4.78, 5) is 14.2. The van der Waals surface area contributed by atoms with Gasteiger partial charge in [0.25, 0.3) is 0 Å². The second-order valence-corrected chi connectivity index (χ2v) is 4.71. The number of hydrogen-bond acceptors (Lipinski definition) is 3. The average Bonchev–Trinajstić information content (AvgIpc) is 2.70. The summed E-state index contributed by atoms with van der Waals surface area (Å²) in [6.45, 7) is 2.85. The lowest BCUT2D eigenvalue weighted by Gasteiger charge is -2.13. The molecule has 0 aliphatic heterocycles. The van der Waals surface area contributed by atoms with Crippen LogP contribution in [0.1, 0.15) is 24.3 Å². The van der Waals surface area contributed by atoms with E-state index in [9.17, 15) is 4.79 Å². The highest BCUT2D eigenvalue weighted by molar-refractivity contribution is 7.10.